The van der Waals surface area contributed by atoms with Crippen molar-refractivity contribution in [2.24, 2.45) is 5.41 Å². The zero-order chi connectivity index (χ0) is 43.1. The van der Waals surface area contributed by atoms with Crippen molar-refractivity contribution in [2.75, 3.05) is 4.90 Å². The van der Waals surface area contributed by atoms with Crippen LogP contribution >= 0.6 is 22.7 Å². The summed E-state index contributed by atoms with van der Waals surface area (Å²) in [6, 6.07) is 83.3. The average molecular weight is 866 g/mol. The van der Waals surface area contributed by atoms with Gasteiger partial charge in [0.2, 0.25) is 0 Å². The van der Waals surface area contributed by atoms with E-state index in [0.29, 0.717) is 0 Å². The summed E-state index contributed by atoms with van der Waals surface area (Å²) < 4.78 is 3.96. The van der Waals surface area contributed by atoms with Crippen LogP contribution in [0.4, 0.5) is 17.1 Å². The van der Waals surface area contributed by atoms with Crippen LogP contribution in [0, 0.1) is 5.41 Å². The molecule has 2 aliphatic rings. The number of benzene rings is 9. The summed E-state index contributed by atoms with van der Waals surface area (Å²) in [4.78, 5) is 3.91. The highest BCUT2D eigenvalue weighted by molar-refractivity contribution is 7.26. The van der Waals surface area contributed by atoms with E-state index in [9.17, 15) is 0 Å². The Morgan fingerprint density at radius 2 is 1.02 bits per heavy atom. The molecular formula is C62H43NS2. The molecule has 0 saturated heterocycles. The molecule has 0 saturated carbocycles. The van der Waals surface area contributed by atoms with Gasteiger partial charge in [0.1, 0.15) is 0 Å². The van der Waals surface area contributed by atoms with Crippen LogP contribution < -0.4 is 4.90 Å². The lowest BCUT2D eigenvalue weighted by Gasteiger charge is -2.48. The smallest absolute Gasteiger partial charge is 0.0640 e. The minimum absolute atomic E-state index is 0.152. The molecule has 65 heavy (non-hydrogen) atoms. The van der Waals surface area contributed by atoms with Gasteiger partial charge in [0, 0.05) is 53.1 Å². The van der Waals surface area contributed by atoms with E-state index < -0.39 is 5.41 Å². The van der Waals surface area contributed by atoms with Gasteiger partial charge in [-0.25, -0.2) is 0 Å². The Bertz CT molecular complexity index is 3560. The van der Waals surface area contributed by atoms with Crippen molar-refractivity contribution in [3.05, 3.63) is 263 Å². The predicted octanol–water partition coefficient (Wildman–Crippen LogP) is 17.6. The van der Waals surface area contributed by atoms with E-state index in [0.717, 1.165) is 11.4 Å². The third-order valence-electron chi connectivity index (χ3n) is 14.4. The topological polar surface area (TPSA) is 3.24 Å². The summed E-state index contributed by atoms with van der Waals surface area (Å²) in [5.74, 6) is 0.152. The van der Waals surface area contributed by atoms with Crippen molar-refractivity contribution in [3.8, 4) is 22.3 Å². The fourth-order valence-electron chi connectivity index (χ4n) is 11.6. The van der Waals surface area contributed by atoms with Crippen LogP contribution in [0.15, 0.2) is 231 Å². The van der Waals surface area contributed by atoms with Gasteiger partial charge in [0.25, 0.3) is 0 Å². The monoisotopic (exact) mass is 865 g/mol. The summed E-state index contributed by atoms with van der Waals surface area (Å²) in [6.45, 7) is 2.52. The molecule has 0 bridgehead atoms. The molecule has 13 rings (SSSR count). The normalized spacial score (nSPS) is 17.0. The average Bonchev–Trinajstić information content (AvgIpc) is 4.02. The minimum Gasteiger partial charge on any atom is -0.309 e. The first kappa shape index (κ1) is 38.2. The van der Waals surface area contributed by atoms with E-state index in [1.807, 2.05) is 22.7 Å². The molecule has 3 heteroatoms. The predicted molar refractivity (Wildman–Crippen MR) is 278 cm³/mol. The van der Waals surface area contributed by atoms with Crippen molar-refractivity contribution in [3.63, 3.8) is 0 Å². The molecule has 0 N–H and O–H groups in total. The highest BCUT2D eigenvalue weighted by atomic mass is 32.1. The Morgan fingerprint density at radius 3 is 1.74 bits per heavy atom. The first-order valence-electron chi connectivity index (χ1n) is 22.5. The lowest BCUT2D eigenvalue weighted by atomic mass is 9.54. The number of nitrogens with zero attached hydrogens (tertiary/aromatic N) is 1. The quantitative estimate of drug-likeness (QED) is 0.154. The van der Waals surface area contributed by atoms with E-state index in [-0.39, 0.29) is 11.3 Å². The maximum Gasteiger partial charge on any atom is 0.0640 e. The van der Waals surface area contributed by atoms with Gasteiger partial charge in [0.05, 0.1) is 15.8 Å². The van der Waals surface area contributed by atoms with E-state index >= 15 is 0 Å². The van der Waals surface area contributed by atoms with Crippen LogP contribution in [-0.2, 0) is 5.41 Å². The van der Waals surface area contributed by atoms with Crippen molar-refractivity contribution in [2.45, 2.75) is 18.3 Å². The summed E-state index contributed by atoms with van der Waals surface area (Å²) in [5, 5.41) is 3.94. The van der Waals surface area contributed by atoms with Crippen LogP contribution in [0.2, 0.25) is 0 Å². The van der Waals surface area contributed by atoms with Gasteiger partial charge < -0.3 is 4.90 Å². The standard InChI is InChI=1S/C62H43NS2/c1-61-40-39-52-51-27-16-29-55(59(51)65-60(52)57(61)53-24-11-13-28-54(53)62(61,44-19-7-3-8-20-44)45-21-9-4-10-22-45)63(46-35-31-42(32-36-46)41-17-5-2-6-18-41)47-37-33-43(34-38-47)48-25-15-26-50-49-23-12-14-30-56(49)64-58(48)50/h2-40,57H,1H3. The number of rotatable bonds is 7. The van der Waals surface area contributed by atoms with Gasteiger partial charge in [-0.1, -0.05) is 207 Å². The molecular weight excluding hydrogens is 823 g/mol. The number of fused-ring (bicyclic) bond motifs is 10. The zero-order valence-electron chi connectivity index (χ0n) is 35.9. The summed E-state index contributed by atoms with van der Waals surface area (Å²) in [7, 11) is 0. The number of thiophene rings is 2. The number of anilines is 3. The van der Waals surface area contributed by atoms with Gasteiger partial charge in [-0.2, -0.15) is 0 Å². The number of hydrogen-bond donors (Lipinski definition) is 0. The summed E-state index contributed by atoms with van der Waals surface area (Å²) in [5.41, 5.74) is 14.5. The minimum atomic E-state index is -0.390. The number of allylic oxidation sites excluding steroid dienone is 1. The first-order valence-corrected chi connectivity index (χ1v) is 24.2. The molecule has 2 heterocycles. The molecule has 308 valence electrons. The van der Waals surface area contributed by atoms with Crippen molar-refractivity contribution in [1.29, 1.82) is 0 Å². The summed E-state index contributed by atoms with van der Waals surface area (Å²) in [6.07, 6.45) is 5.03. The Hall–Kier alpha value is -7.30. The third-order valence-corrected chi connectivity index (χ3v) is 17.0. The maximum atomic E-state index is 2.56. The van der Waals surface area contributed by atoms with Gasteiger partial charge in [0.15, 0.2) is 0 Å². The second-order valence-electron chi connectivity index (χ2n) is 17.7. The van der Waals surface area contributed by atoms with Gasteiger partial charge >= 0.3 is 0 Å². The van der Waals surface area contributed by atoms with Crippen LogP contribution in [-0.4, -0.2) is 0 Å². The lowest BCUT2D eigenvalue weighted by Crippen LogP contribution is -2.44. The van der Waals surface area contributed by atoms with Crippen LogP contribution in [0.1, 0.15) is 45.5 Å². The molecule has 0 spiro atoms. The SMILES string of the molecule is CC12C=Cc3c(sc4c(N(c5ccc(-c6ccccc6)cc5)c5ccc(-c6cccc7c6sc6ccccc67)cc5)cccc34)C1c1ccccc1C2(c1ccccc1)c1ccccc1. The highest BCUT2D eigenvalue weighted by Gasteiger charge is 2.62. The second kappa shape index (κ2) is 14.9. The molecule has 0 aliphatic heterocycles. The Balaban J connectivity index is 0.990. The van der Waals surface area contributed by atoms with E-state index in [2.05, 4.69) is 248 Å². The lowest BCUT2D eigenvalue weighted by molar-refractivity contribution is 0.287. The molecule has 0 fully saturated rings. The molecule has 2 atom stereocenters. The molecule has 0 amide bonds. The molecule has 2 aromatic heterocycles. The largest absolute Gasteiger partial charge is 0.309 e. The third kappa shape index (κ3) is 5.62. The van der Waals surface area contributed by atoms with Crippen LogP contribution in [0.25, 0.3) is 58.6 Å². The van der Waals surface area contributed by atoms with Crippen molar-refractivity contribution >= 4 is 76.1 Å². The Morgan fingerprint density at radius 1 is 0.446 bits per heavy atom. The molecule has 9 aromatic carbocycles. The van der Waals surface area contributed by atoms with Crippen molar-refractivity contribution in [1.82, 2.24) is 0 Å². The molecule has 11 aromatic rings. The fourth-order valence-corrected chi connectivity index (χ4v) is 14.4. The van der Waals surface area contributed by atoms with Gasteiger partial charge in [-0.15, -0.1) is 22.7 Å². The second-order valence-corrected chi connectivity index (χ2v) is 19.8. The van der Waals surface area contributed by atoms with E-state index in [4.69, 9.17) is 0 Å². The van der Waals surface area contributed by atoms with E-state index in [1.54, 1.807) is 0 Å². The Labute approximate surface area is 387 Å². The molecule has 2 aliphatic carbocycles. The van der Waals surface area contributed by atoms with Crippen LogP contribution in [0.3, 0.4) is 0 Å². The van der Waals surface area contributed by atoms with Crippen molar-refractivity contribution < 1.29 is 0 Å². The van der Waals surface area contributed by atoms with Crippen LogP contribution in [0.5, 0.6) is 0 Å². The maximum absolute atomic E-state index is 2.56. The molecule has 1 nitrogen and oxygen atoms in total. The molecule has 0 radical (unpaired) electrons. The Kier molecular flexibility index (Phi) is 8.75. The zero-order valence-corrected chi connectivity index (χ0v) is 37.5. The highest BCUT2D eigenvalue weighted by Crippen LogP contribution is 2.70. The van der Waals surface area contributed by atoms with Gasteiger partial charge in [-0.05, 0) is 86.5 Å². The van der Waals surface area contributed by atoms with E-state index in [1.165, 1.54) is 90.9 Å². The van der Waals surface area contributed by atoms with Gasteiger partial charge in [-0.3, -0.25) is 0 Å². The molecule has 2 unspecified atom stereocenters. The summed E-state index contributed by atoms with van der Waals surface area (Å²) >= 11 is 3.87. The number of hydrogen-bond acceptors (Lipinski definition) is 3. The first-order chi connectivity index (χ1) is 32.1. The fraction of sp³-hybridized carbons (Fsp3) is 0.0645.